The van der Waals surface area contributed by atoms with E-state index in [4.69, 9.17) is 10.6 Å². The smallest absolute Gasteiger partial charge is 0.242 e. The Bertz CT molecular complexity index is 464. The molecule has 0 saturated carbocycles. The second-order valence-corrected chi connectivity index (χ2v) is 4.53. The van der Waals surface area contributed by atoms with Crippen LogP contribution in [-0.2, 0) is 16.1 Å². The van der Waals surface area contributed by atoms with Gasteiger partial charge in [-0.05, 0) is 13.8 Å². The Labute approximate surface area is 125 Å². The summed E-state index contributed by atoms with van der Waals surface area (Å²) in [4.78, 5) is 24.2. The lowest BCUT2D eigenvalue weighted by Crippen LogP contribution is -2.39. The highest BCUT2D eigenvalue weighted by Gasteiger charge is 2.15. The van der Waals surface area contributed by atoms with Gasteiger partial charge in [0.2, 0.25) is 5.91 Å². The van der Waals surface area contributed by atoms with E-state index in [0.29, 0.717) is 30.5 Å². The highest BCUT2D eigenvalue weighted by molar-refractivity contribution is 5.81. The molecular weight excluding hydrogens is 272 g/mol. The molecule has 0 bridgehead atoms. The first-order valence-electron chi connectivity index (χ1n) is 6.88. The standard InChI is InChI=1S/C13H24N6O2/c1-5-19(6-2)13(20)8-18(3)12-7-10(17-14)15-11(16-12)9-21-4/h7H,5-6,8-9,14H2,1-4H3,(H,15,16,17). The number of anilines is 2. The number of carbonyl (C=O) groups is 1. The number of hydrazine groups is 1. The van der Waals surface area contributed by atoms with Crippen molar-refractivity contribution in [2.24, 2.45) is 5.84 Å². The summed E-state index contributed by atoms with van der Waals surface area (Å²) < 4.78 is 5.03. The molecular formula is C13H24N6O2. The van der Waals surface area contributed by atoms with E-state index in [2.05, 4.69) is 15.4 Å². The molecule has 0 saturated heterocycles. The van der Waals surface area contributed by atoms with E-state index >= 15 is 0 Å². The van der Waals surface area contributed by atoms with Crippen LogP contribution in [0, 0.1) is 0 Å². The van der Waals surface area contributed by atoms with Crippen LogP contribution in [0.5, 0.6) is 0 Å². The third-order valence-electron chi connectivity index (χ3n) is 3.06. The Morgan fingerprint density at radius 1 is 1.38 bits per heavy atom. The van der Waals surface area contributed by atoms with Gasteiger partial charge >= 0.3 is 0 Å². The normalized spacial score (nSPS) is 10.3. The van der Waals surface area contributed by atoms with Crippen molar-refractivity contribution < 1.29 is 9.53 Å². The number of rotatable bonds is 8. The van der Waals surface area contributed by atoms with Gasteiger partial charge in [-0.2, -0.15) is 0 Å². The summed E-state index contributed by atoms with van der Waals surface area (Å²) in [6.45, 7) is 5.82. The molecule has 0 atom stereocenters. The second kappa shape index (κ2) is 8.38. The summed E-state index contributed by atoms with van der Waals surface area (Å²) in [5, 5.41) is 0. The number of nitrogens with zero attached hydrogens (tertiary/aromatic N) is 4. The predicted octanol–water partition coefficient (Wildman–Crippen LogP) is 0.213. The molecule has 21 heavy (non-hydrogen) atoms. The van der Waals surface area contributed by atoms with Crippen LogP contribution in [-0.4, -0.2) is 54.6 Å². The Hall–Kier alpha value is -1.93. The van der Waals surface area contributed by atoms with E-state index in [1.807, 2.05) is 13.8 Å². The first kappa shape index (κ1) is 17.1. The van der Waals surface area contributed by atoms with Gasteiger partial charge in [0.1, 0.15) is 18.2 Å². The maximum atomic E-state index is 12.1. The molecule has 1 heterocycles. The van der Waals surface area contributed by atoms with Gasteiger partial charge in [-0.1, -0.05) is 0 Å². The third kappa shape index (κ3) is 4.83. The number of ether oxygens (including phenoxy) is 1. The minimum Gasteiger partial charge on any atom is -0.377 e. The summed E-state index contributed by atoms with van der Waals surface area (Å²) in [5.74, 6) is 7.06. The molecule has 0 aliphatic heterocycles. The van der Waals surface area contributed by atoms with Crippen LogP contribution < -0.4 is 16.2 Å². The van der Waals surface area contributed by atoms with Gasteiger partial charge in [-0.3, -0.25) is 4.79 Å². The van der Waals surface area contributed by atoms with Crippen molar-refractivity contribution in [2.75, 3.05) is 44.1 Å². The lowest BCUT2D eigenvalue weighted by molar-refractivity contribution is -0.129. The van der Waals surface area contributed by atoms with Crippen LogP contribution in [0.4, 0.5) is 11.6 Å². The van der Waals surface area contributed by atoms with Gasteiger partial charge in [0.25, 0.3) is 0 Å². The number of carbonyl (C=O) groups excluding carboxylic acids is 1. The van der Waals surface area contributed by atoms with E-state index in [1.54, 1.807) is 30.0 Å². The van der Waals surface area contributed by atoms with E-state index in [1.165, 1.54) is 0 Å². The van der Waals surface area contributed by atoms with E-state index in [9.17, 15) is 4.79 Å². The van der Waals surface area contributed by atoms with Gasteiger partial charge in [0.15, 0.2) is 5.82 Å². The highest BCUT2D eigenvalue weighted by atomic mass is 16.5. The molecule has 1 rings (SSSR count). The van der Waals surface area contributed by atoms with Gasteiger partial charge < -0.3 is 20.0 Å². The minimum atomic E-state index is 0.0525. The summed E-state index contributed by atoms with van der Waals surface area (Å²) in [5.41, 5.74) is 2.49. The molecule has 3 N–H and O–H groups in total. The average molecular weight is 296 g/mol. The van der Waals surface area contributed by atoms with Crippen molar-refractivity contribution in [3.8, 4) is 0 Å². The van der Waals surface area contributed by atoms with Crippen LogP contribution in [0.25, 0.3) is 0 Å². The zero-order chi connectivity index (χ0) is 15.8. The van der Waals surface area contributed by atoms with Crippen LogP contribution in [0.3, 0.4) is 0 Å². The summed E-state index contributed by atoms with van der Waals surface area (Å²) in [6, 6.07) is 1.69. The molecule has 118 valence electrons. The third-order valence-corrected chi connectivity index (χ3v) is 3.06. The lowest BCUT2D eigenvalue weighted by atomic mass is 10.4. The van der Waals surface area contributed by atoms with Gasteiger partial charge in [-0.25, -0.2) is 15.8 Å². The lowest BCUT2D eigenvalue weighted by Gasteiger charge is -2.24. The van der Waals surface area contributed by atoms with Crippen LogP contribution in [0.15, 0.2) is 6.07 Å². The molecule has 0 aromatic carbocycles. The highest BCUT2D eigenvalue weighted by Crippen LogP contribution is 2.14. The Morgan fingerprint density at radius 3 is 2.57 bits per heavy atom. The van der Waals surface area contributed by atoms with Crippen molar-refractivity contribution in [3.05, 3.63) is 11.9 Å². The SMILES string of the molecule is CCN(CC)C(=O)CN(C)c1cc(NN)nc(COC)n1. The monoisotopic (exact) mass is 296 g/mol. The van der Waals surface area contributed by atoms with Crippen LogP contribution >= 0.6 is 0 Å². The molecule has 8 heteroatoms. The molecule has 1 amide bonds. The molecule has 1 aromatic rings. The van der Waals surface area contributed by atoms with E-state index in [-0.39, 0.29) is 19.1 Å². The van der Waals surface area contributed by atoms with Gasteiger partial charge in [0, 0.05) is 33.3 Å². The fourth-order valence-electron chi connectivity index (χ4n) is 1.91. The number of amides is 1. The Balaban J connectivity index is 2.87. The number of hydrogen-bond acceptors (Lipinski definition) is 7. The quantitative estimate of drug-likeness (QED) is 0.523. The molecule has 0 aliphatic carbocycles. The minimum absolute atomic E-state index is 0.0525. The zero-order valence-electron chi connectivity index (χ0n) is 13.1. The maximum absolute atomic E-state index is 12.1. The average Bonchev–Trinajstić information content (AvgIpc) is 2.48. The molecule has 0 spiro atoms. The van der Waals surface area contributed by atoms with Crippen molar-refractivity contribution in [1.29, 1.82) is 0 Å². The molecule has 8 nitrogen and oxygen atoms in total. The fraction of sp³-hybridized carbons (Fsp3) is 0.615. The Kier molecular flexibility index (Phi) is 6.83. The number of hydrogen-bond donors (Lipinski definition) is 2. The number of methoxy groups -OCH3 is 1. The Morgan fingerprint density at radius 2 is 2.05 bits per heavy atom. The number of nitrogen functional groups attached to an aromatic ring is 1. The molecule has 0 aliphatic rings. The summed E-state index contributed by atoms with van der Waals surface area (Å²) >= 11 is 0. The number of aromatic nitrogens is 2. The van der Waals surface area contributed by atoms with Crippen molar-refractivity contribution in [3.63, 3.8) is 0 Å². The number of likely N-dealkylation sites (N-methyl/N-ethyl adjacent to an activating group) is 2. The molecule has 0 unspecified atom stereocenters. The molecule has 0 radical (unpaired) electrons. The number of nitrogens with one attached hydrogen (secondary N) is 1. The second-order valence-electron chi connectivity index (χ2n) is 4.53. The van der Waals surface area contributed by atoms with E-state index < -0.39 is 0 Å². The van der Waals surface area contributed by atoms with Gasteiger partial charge in [0.05, 0.1) is 6.54 Å². The summed E-state index contributed by atoms with van der Waals surface area (Å²) in [7, 11) is 3.37. The maximum Gasteiger partial charge on any atom is 0.242 e. The van der Waals surface area contributed by atoms with Gasteiger partial charge in [-0.15, -0.1) is 0 Å². The largest absolute Gasteiger partial charge is 0.377 e. The van der Waals surface area contributed by atoms with Crippen molar-refractivity contribution in [2.45, 2.75) is 20.5 Å². The number of nitrogens with two attached hydrogens (primary N) is 1. The summed E-state index contributed by atoms with van der Waals surface area (Å²) in [6.07, 6.45) is 0. The zero-order valence-corrected chi connectivity index (χ0v) is 13.1. The first-order chi connectivity index (χ1) is 10.0. The first-order valence-corrected chi connectivity index (χ1v) is 6.88. The van der Waals surface area contributed by atoms with E-state index in [0.717, 1.165) is 0 Å². The predicted molar refractivity (Wildman–Crippen MR) is 81.8 cm³/mol. The molecule has 1 aromatic heterocycles. The topological polar surface area (TPSA) is 96.6 Å². The molecule has 0 fully saturated rings. The van der Waals surface area contributed by atoms with Crippen molar-refractivity contribution >= 4 is 17.5 Å². The fourth-order valence-corrected chi connectivity index (χ4v) is 1.91. The van der Waals surface area contributed by atoms with Crippen molar-refractivity contribution in [1.82, 2.24) is 14.9 Å². The van der Waals surface area contributed by atoms with Crippen LogP contribution in [0.1, 0.15) is 19.7 Å². The van der Waals surface area contributed by atoms with Crippen LogP contribution in [0.2, 0.25) is 0 Å².